The van der Waals surface area contributed by atoms with Crippen LogP contribution in [0.2, 0.25) is 0 Å². The van der Waals surface area contributed by atoms with Crippen LogP contribution in [0.4, 0.5) is 4.39 Å². The number of halogens is 1. The summed E-state index contributed by atoms with van der Waals surface area (Å²) in [6.07, 6.45) is 6.72. The molecule has 0 amide bonds. The summed E-state index contributed by atoms with van der Waals surface area (Å²) in [6, 6.07) is 0. The van der Waals surface area contributed by atoms with Gasteiger partial charge in [0.05, 0.1) is 5.34 Å². The molecule has 0 heterocycles. The van der Waals surface area contributed by atoms with Crippen LogP contribution in [-0.2, 0) is 9.53 Å². The molecule has 0 aromatic heterocycles. The first-order valence-corrected chi connectivity index (χ1v) is 8.85. The van der Waals surface area contributed by atoms with Crippen molar-refractivity contribution in [3.05, 3.63) is 0 Å². The van der Waals surface area contributed by atoms with Crippen LogP contribution in [0.1, 0.15) is 77.6 Å². The van der Waals surface area contributed by atoms with Gasteiger partial charge in [-0.2, -0.15) is 0 Å². The summed E-state index contributed by atoms with van der Waals surface area (Å²) in [4.78, 5) is 11.8. The van der Waals surface area contributed by atoms with Crippen molar-refractivity contribution in [2.45, 2.75) is 95.2 Å². The van der Waals surface area contributed by atoms with Crippen molar-refractivity contribution in [1.29, 1.82) is 0 Å². The zero-order valence-electron chi connectivity index (χ0n) is 13.2. The van der Waals surface area contributed by atoms with E-state index in [1.807, 2.05) is 0 Å². The van der Waals surface area contributed by atoms with Gasteiger partial charge in [-0.3, -0.25) is 4.79 Å². The molecule has 0 aliphatic heterocycles. The van der Waals surface area contributed by atoms with Crippen LogP contribution in [0.3, 0.4) is 0 Å². The summed E-state index contributed by atoms with van der Waals surface area (Å²) >= 11 is 0. The number of hydrogen-bond acceptors (Lipinski definition) is 3. The first-order chi connectivity index (χ1) is 9.93. The van der Waals surface area contributed by atoms with Crippen LogP contribution < -0.4 is 0 Å². The Morgan fingerprint density at radius 1 is 1.33 bits per heavy atom. The van der Waals surface area contributed by atoms with Crippen molar-refractivity contribution in [3.63, 3.8) is 0 Å². The van der Waals surface area contributed by atoms with Crippen LogP contribution >= 0.6 is 9.24 Å². The molecule has 124 valence electrons. The third-order valence-corrected chi connectivity index (χ3v) is 4.66. The van der Waals surface area contributed by atoms with Crippen molar-refractivity contribution in [1.82, 2.24) is 0 Å². The molecule has 0 radical (unpaired) electrons. The van der Waals surface area contributed by atoms with Gasteiger partial charge in [-0.15, -0.1) is 9.24 Å². The Balaban J connectivity index is 2.26. The molecule has 1 N–H and O–H groups in total. The molecule has 0 bridgehead atoms. The van der Waals surface area contributed by atoms with Gasteiger partial charge in [-0.1, -0.05) is 32.6 Å². The van der Waals surface area contributed by atoms with E-state index in [2.05, 4.69) is 16.2 Å². The lowest BCUT2D eigenvalue weighted by Crippen LogP contribution is -2.24. The minimum atomic E-state index is -0.889. The fraction of sp³-hybridized carbons (Fsp3) is 0.938. The maximum absolute atomic E-state index is 13.5. The normalized spacial score (nSPS) is 25.9. The molecule has 0 aromatic carbocycles. The lowest BCUT2D eigenvalue weighted by Gasteiger charge is -2.23. The Bertz CT molecular complexity index is 310. The Kier molecular flexibility index (Phi) is 8.73. The Hall–Kier alpha value is -0.210. The van der Waals surface area contributed by atoms with E-state index in [0.717, 1.165) is 38.5 Å². The minimum absolute atomic E-state index is 0.194. The van der Waals surface area contributed by atoms with E-state index in [-0.39, 0.29) is 18.5 Å². The average molecular weight is 320 g/mol. The molecule has 0 spiro atoms. The van der Waals surface area contributed by atoms with Crippen molar-refractivity contribution in [3.8, 4) is 0 Å². The van der Waals surface area contributed by atoms with Gasteiger partial charge in [-0.25, -0.2) is 4.39 Å². The number of carbonyl (C=O) groups is 1. The van der Waals surface area contributed by atoms with Crippen molar-refractivity contribution in [2.75, 3.05) is 0 Å². The van der Waals surface area contributed by atoms with Gasteiger partial charge < -0.3 is 9.84 Å². The second-order valence-electron chi connectivity index (χ2n) is 6.29. The summed E-state index contributed by atoms with van der Waals surface area (Å²) in [5.41, 5.74) is 0. The fourth-order valence-corrected chi connectivity index (χ4v) is 3.08. The third-order valence-electron chi connectivity index (χ3n) is 4.09. The lowest BCUT2D eigenvalue weighted by atomic mass is 10.1. The summed E-state index contributed by atoms with van der Waals surface area (Å²) in [6.45, 7) is 2.12. The summed E-state index contributed by atoms with van der Waals surface area (Å²) in [5.74, 6) is -0.314. The molecular formula is C16H30FO3P. The Morgan fingerprint density at radius 3 is 2.76 bits per heavy atom. The first kappa shape index (κ1) is 18.8. The van der Waals surface area contributed by atoms with Gasteiger partial charge in [0.25, 0.3) is 0 Å². The minimum Gasteiger partial charge on any atom is -0.462 e. The van der Waals surface area contributed by atoms with E-state index in [4.69, 9.17) is 4.74 Å². The number of unbranched alkanes of at least 4 members (excludes halogenated alkanes) is 2. The van der Waals surface area contributed by atoms with Gasteiger partial charge in [-0.05, 0) is 32.1 Å². The van der Waals surface area contributed by atoms with Gasteiger partial charge in [0.1, 0.15) is 12.3 Å². The van der Waals surface area contributed by atoms with Crippen molar-refractivity contribution in [2.24, 2.45) is 0 Å². The van der Waals surface area contributed by atoms with E-state index < -0.39 is 11.5 Å². The second kappa shape index (κ2) is 9.74. The molecule has 4 atom stereocenters. The third kappa shape index (κ3) is 8.73. The van der Waals surface area contributed by atoms with Crippen LogP contribution in [0.25, 0.3) is 0 Å². The van der Waals surface area contributed by atoms with Crippen LogP contribution in [0.15, 0.2) is 0 Å². The number of carbonyl (C=O) groups excluding carboxylic acids is 1. The molecule has 3 nitrogen and oxygen atoms in total. The highest BCUT2D eigenvalue weighted by atomic mass is 31.0. The molecule has 1 saturated carbocycles. The van der Waals surface area contributed by atoms with Crippen LogP contribution in [0, 0.1) is 0 Å². The summed E-state index contributed by atoms with van der Waals surface area (Å²) in [5, 5.41) is 9.29. The Labute approximate surface area is 130 Å². The molecule has 0 saturated heterocycles. The number of aliphatic hydroxyl groups is 1. The standard InChI is InChI=1S/C16H30FO3P/c1-2-3-6-10-16(19,21)11-9-15(18)20-14-8-5-4-7-13(17)12-14/h13-14,19H,2-12,21H2,1H3. The van der Waals surface area contributed by atoms with E-state index in [1.54, 1.807) is 0 Å². The Morgan fingerprint density at radius 2 is 2.05 bits per heavy atom. The topological polar surface area (TPSA) is 46.5 Å². The van der Waals surface area contributed by atoms with Crippen molar-refractivity contribution < 1.29 is 19.0 Å². The highest BCUT2D eigenvalue weighted by Crippen LogP contribution is 2.28. The van der Waals surface area contributed by atoms with E-state index in [0.29, 0.717) is 25.7 Å². The average Bonchev–Trinajstić information content (AvgIpc) is 2.61. The predicted octanol–water partition coefficient (Wildman–Crippen LogP) is 4.12. The lowest BCUT2D eigenvalue weighted by molar-refractivity contribution is -0.151. The van der Waals surface area contributed by atoms with Crippen LogP contribution in [0.5, 0.6) is 0 Å². The number of ether oxygens (including phenoxy) is 1. The number of esters is 1. The second-order valence-corrected chi connectivity index (χ2v) is 7.36. The fourth-order valence-electron chi connectivity index (χ4n) is 2.74. The zero-order valence-corrected chi connectivity index (χ0v) is 14.3. The van der Waals surface area contributed by atoms with E-state index in [9.17, 15) is 14.3 Å². The molecule has 0 aromatic rings. The maximum Gasteiger partial charge on any atom is 0.306 e. The first-order valence-electron chi connectivity index (χ1n) is 8.28. The number of rotatable bonds is 8. The molecule has 4 unspecified atom stereocenters. The molecule has 21 heavy (non-hydrogen) atoms. The molecular weight excluding hydrogens is 290 g/mol. The molecule has 1 rings (SSSR count). The number of hydrogen-bond donors (Lipinski definition) is 1. The smallest absolute Gasteiger partial charge is 0.306 e. The summed E-state index contributed by atoms with van der Waals surface area (Å²) < 4.78 is 18.8. The maximum atomic E-state index is 13.5. The highest BCUT2D eigenvalue weighted by Gasteiger charge is 2.25. The van der Waals surface area contributed by atoms with Crippen LogP contribution in [-0.4, -0.2) is 28.7 Å². The van der Waals surface area contributed by atoms with E-state index >= 15 is 0 Å². The molecule has 5 heteroatoms. The molecule has 1 fully saturated rings. The highest BCUT2D eigenvalue weighted by molar-refractivity contribution is 7.18. The zero-order chi connectivity index (χ0) is 15.7. The number of alkyl halides is 1. The van der Waals surface area contributed by atoms with Gasteiger partial charge in [0.15, 0.2) is 0 Å². The SMILES string of the molecule is CCCCCC(O)(P)CCC(=O)OC1CCCCC(F)C1. The van der Waals surface area contributed by atoms with Gasteiger partial charge >= 0.3 is 5.97 Å². The largest absolute Gasteiger partial charge is 0.462 e. The summed E-state index contributed by atoms with van der Waals surface area (Å²) in [7, 11) is 2.44. The van der Waals surface area contributed by atoms with Crippen molar-refractivity contribution >= 4 is 15.2 Å². The molecule has 1 aliphatic rings. The molecule has 1 aliphatic carbocycles. The van der Waals surface area contributed by atoms with E-state index in [1.165, 1.54) is 0 Å². The monoisotopic (exact) mass is 320 g/mol. The quantitative estimate of drug-likeness (QED) is 0.317. The van der Waals surface area contributed by atoms with Gasteiger partial charge in [0.2, 0.25) is 0 Å². The van der Waals surface area contributed by atoms with Gasteiger partial charge in [0, 0.05) is 12.8 Å². The predicted molar refractivity (Wildman–Crippen MR) is 85.9 cm³/mol.